The van der Waals surface area contributed by atoms with Crippen LogP contribution in [0.25, 0.3) is 0 Å². The molecule has 0 saturated carbocycles. The summed E-state index contributed by atoms with van der Waals surface area (Å²) in [6, 6.07) is 19.4. The number of hydrogen-bond donors (Lipinski definition) is 0. The van der Waals surface area contributed by atoms with Gasteiger partial charge in [0.25, 0.3) is 0 Å². The zero-order chi connectivity index (χ0) is 13.1. The first kappa shape index (κ1) is 12.7. The molecule has 0 atom stereocenters. The molecule has 0 N–H and O–H groups in total. The summed E-state index contributed by atoms with van der Waals surface area (Å²) in [5.41, 5.74) is 2.82. The van der Waals surface area contributed by atoms with E-state index in [9.17, 15) is 0 Å². The van der Waals surface area contributed by atoms with Crippen molar-refractivity contribution in [2.75, 3.05) is 18.0 Å². The summed E-state index contributed by atoms with van der Waals surface area (Å²) >= 11 is 3.68. The Morgan fingerprint density at radius 3 is 2.16 bits per heavy atom. The Balaban J connectivity index is 1.69. The zero-order valence-electron chi connectivity index (χ0n) is 10.9. The van der Waals surface area contributed by atoms with Gasteiger partial charge in [-0.1, -0.05) is 52.3 Å². The standard InChI is InChI=1S/C17H18BrN/c18-17-9-5-4-8-16(17)14-10-12-19(13-11-14)15-6-2-1-3-7-15/h1-9,14H,10-13H2. The van der Waals surface area contributed by atoms with Gasteiger partial charge in [-0.25, -0.2) is 0 Å². The second-order valence-corrected chi connectivity index (χ2v) is 5.97. The predicted molar refractivity (Wildman–Crippen MR) is 84.8 cm³/mol. The van der Waals surface area contributed by atoms with Gasteiger partial charge < -0.3 is 4.90 Å². The molecule has 0 amide bonds. The second kappa shape index (κ2) is 5.79. The van der Waals surface area contributed by atoms with Gasteiger partial charge in [-0.15, -0.1) is 0 Å². The van der Waals surface area contributed by atoms with Gasteiger partial charge in [0.1, 0.15) is 0 Å². The molecule has 1 aliphatic rings. The number of rotatable bonds is 2. The summed E-state index contributed by atoms with van der Waals surface area (Å²) < 4.78 is 1.26. The average molecular weight is 316 g/mol. The Hall–Kier alpha value is -1.28. The molecule has 98 valence electrons. The fraction of sp³-hybridized carbons (Fsp3) is 0.294. The highest BCUT2D eigenvalue weighted by Crippen LogP contribution is 2.34. The van der Waals surface area contributed by atoms with Gasteiger partial charge in [0.05, 0.1) is 0 Å². The van der Waals surface area contributed by atoms with Crippen LogP contribution < -0.4 is 4.90 Å². The van der Waals surface area contributed by atoms with Crippen LogP contribution in [0.15, 0.2) is 59.1 Å². The van der Waals surface area contributed by atoms with Gasteiger partial charge in [0.15, 0.2) is 0 Å². The first-order chi connectivity index (χ1) is 9.34. The van der Waals surface area contributed by atoms with Crippen molar-refractivity contribution < 1.29 is 0 Å². The number of halogens is 1. The molecule has 2 aromatic rings. The molecule has 1 nitrogen and oxygen atoms in total. The van der Waals surface area contributed by atoms with Crippen molar-refractivity contribution in [3.63, 3.8) is 0 Å². The first-order valence-electron chi connectivity index (χ1n) is 6.89. The SMILES string of the molecule is Brc1ccccc1C1CCN(c2ccccc2)CC1. The van der Waals surface area contributed by atoms with Crippen LogP contribution in [0, 0.1) is 0 Å². The monoisotopic (exact) mass is 315 g/mol. The Labute approximate surface area is 123 Å². The van der Waals surface area contributed by atoms with Crippen LogP contribution in [-0.4, -0.2) is 13.1 Å². The fourth-order valence-corrected chi connectivity index (χ4v) is 3.50. The predicted octanol–water partition coefficient (Wildman–Crippen LogP) is 4.83. The Morgan fingerprint density at radius 1 is 0.842 bits per heavy atom. The lowest BCUT2D eigenvalue weighted by Gasteiger charge is -2.34. The molecule has 2 heteroatoms. The van der Waals surface area contributed by atoms with E-state index < -0.39 is 0 Å². The van der Waals surface area contributed by atoms with Crippen LogP contribution in [0.2, 0.25) is 0 Å². The van der Waals surface area contributed by atoms with Crippen LogP contribution in [0.3, 0.4) is 0 Å². The third kappa shape index (κ3) is 2.84. The third-order valence-corrected chi connectivity index (χ3v) is 4.68. The third-order valence-electron chi connectivity index (χ3n) is 3.96. The number of para-hydroxylation sites is 1. The van der Waals surface area contributed by atoms with Gasteiger partial charge in [-0.3, -0.25) is 0 Å². The molecule has 1 aliphatic heterocycles. The van der Waals surface area contributed by atoms with Crippen LogP contribution in [-0.2, 0) is 0 Å². The lowest BCUT2D eigenvalue weighted by atomic mass is 9.89. The van der Waals surface area contributed by atoms with Crippen LogP contribution >= 0.6 is 15.9 Å². The largest absolute Gasteiger partial charge is 0.371 e. The summed E-state index contributed by atoms with van der Waals surface area (Å²) in [7, 11) is 0. The lowest BCUT2D eigenvalue weighted by Crippen LogP contribution is -2.32. The highest BCUT2D eigenvalue weighted by Gasteiger charge is 2.21. The molecule has 0 spiro atoms. The maximum absolute atomic E-state index is 3.68. The summed E-state index contributed by atoms with van der Waals surface area (Å²) in [6.07, 6.45) is 2.47. The van der Waals surface area contributed by atoms with Crippen molar-refractivity contribution in [2.24, 2.45) is 0 Å². The summed E-state index contributed by atoms with van der Waals surface area (Å²) in [5, 5.41) is 0. The maximum Gasteiger partial charge on any atom is 0.0366 e. The van der Waals surface area contributed by atoms with E-state index in [1.165, 1.54) is 28.6 Å². The Morgan fingerprint density at radius 2 is 1.47 bits per heavy atom. The average Bonchev–Trinajstić information content (AvgIpc) is 2.49. The molecule has 1 heterocycles. The van der Waals surface area contributed by atoms with E-state index in [1.54, 1.807) is 0 Å². The van der Waals surface area contributed by atoms with Gasteiger partial charge in [-0.05, 0) is 42.5 Å². The molecule has 1 fully saturated rings. The molecule has 0 aliphatic carbocycles. The van der Waals surface area contributed by atoms with Crippen molar-refractivity contribution in [1.29, 1.82) is 0 Å². The number of benzene rings is 2. The molecular weight excluding hydrogens is 298 g/mol. The van der Waals surface area contributed by atoms with Crippen molar-refractivity contribution >= 4 is 21.6 Å². The minimum absolute atomic E-state index is 0.690. The van der Waals surface area contributed by atoms with Crippen molar-refractivity contribution in [1.82, 2.24) is 0 Å². The minimum atomic E-state index is 0.690. The molecule has 0 bridgehead atoms. The maximum atomic E-state index is 3.68. The number of hydrogen-bond acceptors (Lipinski definition) is 1. The van der Waals surface area contributed by atoms with E-state index in [2.05, 4.69) is 75.4 Å². The van der Waals surface area contributed by atoms with Crippen LogP contribution in [0.5, 0.6) is 0 Å². The lowest BCUT2D eigenvalue weighted by molar-refractivity contribution is 0.504. The molecule has 3 rings (SSSR count). The summed E-state index contributed by atoms with van der Waals surface area (Å²) in [6.45, 7) is 2.30. The molecule has 2 aromatic carbocycles. The van der Waals surface area contributed by atoms with Gasteiger partial charge in [-0.2, -0.15) is 0 Å². The number of anilines is 1. The van der Waals surface area contributed by atoms with E-state index in [0.29, 0.717) is 5.92 Å². The molecule has 0 radical (unpaired) electrons. The normalized spacial score (nSPS) is 16.6. The van der Waals surface area contributed by atoms with E-state index in [-0.39, 0.29) is 0 Å². The highest BCUT2D eigenvalue weighted by molar-refractivity contribution is 9.10. The highest BCUT2D eigenvalue weighted by atomic mass is 79.9. The summed E-state index contributed by atoms with van der Waals surface area (Å²) in [4.78, 5) is 2.49. The first-order valence-corrected chi connectivity index (χ1v) is 7.68. The van der Waals surface area contributed by atoms with Crippen LogP contribution in [0.4, 0.5) is 5.69 Å². The van der Waals surface area contributed by atoms with Gasteiger partial charge in [0.2, 0.25) is 0 Å². The van der Waals surface area contributed by atoms with Crippen LogP contribution in [0.1, 0.15) is 24.3 Å². The molecule has 0 unspecified atom stereocenters. The Kier molecular flexibility index (Phi) is 3.88. The fourth-order valence-electron chi connectivity index (χ4n) is 2.89. The summed E-state index contributed by atoms with van der Waals surface area (Å²) in [5.74, 6) is 0.690. The molecule has 0 aromatic heterocycles. The minimum Gasteiger partial charge on any atom is -0.371 e. The molecule has 19 heavy (non-hydrogen) atoms. The van der Waals surface area contributed by atoms with Gasteiger partial charge >= 0.3 is 0 Å². The number of piperidine rings is 1. The Bertz CT molecular complexity index is 530. The smallest absolute Gasteiger partial charge is 0.0366 e. The quantitative estimate of drug-likeness (QED) is 0.767. The molecule has 1 saturated heterocycles. The van der Waals surface area contributed by atoms with E-state index in [0.717, 1.165) is 13.1 Å². The van der Waals surface area contributed by atoms with Crippen molar-refractivity contribution in [3.8, 4) is 0 Å². The van der Waals surface area contributed by atoms with E-state index >= 15 is 0 Å². The zero-order valence-corrected chi connectivity index (χ0v) is 12.5. The van der Waals surface area contributed by atoms with Crippen molar-refractivity contribution in [2.45, 2.75) is 18.8 Å². The van der Waals surface area contributed by atoms with Crippen molar-refractivity contribution in [3.05, 3.63) is 64.6 Å². The van der Waals surface area contributed by atoms with E-state index in [1.807, 2.05) is 0 Å². The second-order valence-electron chi connectivity index (χ2n) is 5.12. The molecular formula is C17H18BrN. The van der Waals surface area contributed by atoms with Gasteiger partial charge in [0, 0.05) is 23.2 Å². The van der Waals surface area contributed by atoms with E-state index in [4.69, 9.17) is 0 Å². The topological polar surface area (TPSA) is 3.24 Å². The number of nitrogens with zero attached hydrogens (tertiary/aromatic N) is 1.